The molecule has 0 amide bonds. The maximum Gasteiger partial charge on any atom is 0.360 e. The number of alkyl halides is 1. The quantitative estimate of drug-likeness (QED) is 0.646. The highest BCUT2D eigenvalue weighted by Gasteiger charge is 2.50. The molecule has 98 valence electrons. The Labute approximate surface area is 104 Å². The van der Waals surface area contributed by atoms with Gasteiger partial charge in [-0.1, -0.05) is 37.3 Å². The molecular formula is C13H15FO4. The fourth-order valence-corrected chi connectivity index (χ4v) is 1.34. The van der Waals surface area contributed by atoms with Gasteiger partial charge in [0.05, 0.1) is 6.10 Å². The summed E-state index contributed by atoms with van der Waals surface area (Å²) < 4.78 is 19.2. The maximum atomic E-state index is 14.5. The first-order valence-corrected chi connectivity index (χ1v) is 5.61. The summed E-state index contributed by atoms with van der Waals surface area (Å²) in [5, 5.41) is 8.97. The first-order chi connectivity index (χ1) is 8.42. The first kappa shape index (κ1) is 14.2. The summed E-state index contributed by atoms with van der Waals surface area (Å²) in [6.45, 7) is 3.33. The number of carbonyl (C=O) groups excluding carboxylic acids is 1. The van der Waals surface area contributed by atoms with Crippen molar-refractivity contribution in [1.82, 2.24) is 0 Å². The minimum absolute atomic E-state index is 0.245. The lowest BCUT2D eigenvalue weighted by Gasteiger charge is -2.21. The summed E-state index contributed by atoms with van der Waals surface area (Å²) >= 11 is 0. The lowest BCUT2D eigenvalue weighted by Crippen LogP contribution is -2.42. The molecule has 0 saturated carbocycles. The number of aliphatic carboxylic acids is 1. The van der Waals surface area contributed by atoms with Gasteiger partial charge in [-0.25, -0.2) is 14.0 Å². The average molecular weight is 254 g/mol. The summed E-state index contributed by atoms with van der Waals surface area (Å²) in [5.74, 6) is -3.27. The SMILES string of the molecule is CCC(C)OC(=O)C(F)(C(=O)O)c1ccccc1. The molecule has 0 heterocycles. The van der Waals surface area contributed by atoms with E-state index < -0.39 is 23.7 Å². The van der Waals surface area contributed by atoms with Crippen LogP contribution in [-0.2, 0) is 20.0 Å². The molecule has 4 nitrogen and oxygen atoms in total. The van der Waals surface area contributed by atoms with Gasteiger partial charge < -0.3 is 9.84 Å². The fraction of sp³-hybridized carbons (Fsp3) is 0.385. The zero-order valence-corrected chi connectivity index (χ0v) is 10.2. The number of esters is 1. The summed E-state index contributed by atoms with van der Waals surface area (Å²) in [5.41, 5.74) is -3.41. The molecule has 0 saturated heterocycles. The molecule has 1 N–H and O–H groups in total. The molecule has 1 aromatic rings. The number of carboxylic acids is 1. The van der Waals surface area contributed by atoms with Gasteiger partial charge in [-0.15, -0.1) is 0 Å². The number of benzene rings is 1. The Bertz CT molecular complexity index is 432. The van der Waals surface area contributed by atoms with Crippen molar-refractivity contribution in [1.29, 1.82) is 0 Å². The third-order valence-corrected chi connectivity index (χ3v) is 2.63. The van der Waals surface area contributed by atoms with E-state index in [2.05, 4.69) is 0 Å². The van der Waals surface area contributed by atoms with Crippen LogP contribution in [-0.4, -0.2) is 23.1 Å². The number of hydrogen-bond acceptors (Lipinski definition) is 3. The Hall–Kier alpha value is -1.91. The number of halogens is 1. The number of rotatable bonds is 5. The number of hydrogen-bond donors (Lipinski definition) is 1. The number of carboxylic acid groups (broad SMARTS) is 1. The minimum Gasteiger partial charge on any atom is -0.478 e. The van der Waals surface area contributed by atoms with Gasteiger partial charge in [-0.3, -0.25) is 0 Å². The highest BCUT2D eigenvalue weighted by atomic mass is 19.1. The van der Waals surface area contributed by atoms with Crippen molar-refractivity contribution in [2.45, 2.75) is 32.0 Å². The second-order valence-corrected chi connectivity index (χ2v) is 3.95. The number of ether oxygens (including phenoxy) is 1. The van der Waals surface area contributed by atoms with Crippen LogP contribution in [0.15, 0.2) is 30.3 Å². The van der Waals surface area contributed by atoms with Gasteiger partial charge >= 0.3 is 17.6 Å². The van der Waals surface area contributed by atoms with Crippen LogP contribution in [0.25, 0.3) is 0 Å². The molecule has 2 unspecified atom stereocenters. The molecule has 0 aliphatic carbocycles. The van der Waals surface area contributed by atoms with E-state index in [4.69, 9.17) is 9.84 Å². The second-order valence-electron chi connectivity index (χ2n) is 3.95. The topological polar surface area (TPSA) is 63.6 Å². The van der Waals surface area contributed by atoms with Crippen molar-refractivity contribution in [3.63, 3.8) is 0 Å². The molecule has 18 heavy (non-hydrogen) atoms. The summed E-state index contributed by atoms with van der Waals surface area (Å²) in [7, 11) is 0. The maximum absolute atomic E-state index is 14.5. The van der Waals surface area contributed by atoms with E-state index in [-0.39, 0.29) is 5.56 Å². The van der Waals surface area contributed by atoms with Crippen LogP contribution in [0.3, 0.4) is 0 Å². The van der Waals surface area contributed by atoms with Gasteiger partial charge in [0.2, 0.25) is 0 Å². The standard InChI is InChI=1S/C13H15FO4/c1-3-9(2)18-12(17)13(14,11(15)16)10-7-5-4-6-8-10/h4-9H,3H2,1-2H3,(H,15,16). The molecule has 0 spiro atoms. The lowest BCUT2D eigenvalue weighted by atomic mass is 9.96. The van der Waals surface area contributed by atoms with E-state index in [1.807, 2.05) is 0 Å². The van der Waals surface area contributed by atoms with E-state index in [1.165, 1.54) is 24.3 Å². The van der Waals surface area contributed by atoms with Crippen LogP contribution in [0, 0.1) is 0 Å². The molecule has 1 aromatic carbocycles. The number of carbonyl (C=O) groups is 2. The van der Waals surface area contributed by atoms with E-state index >= 15 is 0 Å². The Morgan fingerprint density at radius 2 is 1.94 bits per heavy atom. The van der Waals surface area contributed by atoms with Crippen LogP contribution in [0.5, 0.6) is 0 Å². The van der Waals surface area contributed by atoms with Gasteiger partial charge in [0, 0.05) is 5.56 Å². The molecule has 0 aromatic heterocycles. The Morgan fingerprint density at radius 3 is 2.39 bits per heavy atom. The van der Waals surface area contributed by atoms with Gasteiger partial charge in [-0.05, 0) is 13.3 Å². The summed E-state index contributed by atoms with van der Waals surface area (Å²) in [6, 6.07) is 7.01. The Kier molecular flexibility index (Phi) is 4.42. The Balaban J connectivity index is 3.09. The van der Waals surface area contributed by atoms with E-state index in [0.717, 1.165) is 0 Å². The van der Waals surface area contributed by atoms with Crippen LogP contribution in [0.4, 0.5) is 4.39 Å². The highest BCUT2D eigenvalue weighted by Crippen LogP contribution is 2.28. The monoisotopic (exact) mass is 254 g/mol. The zero-order chi connectivity index (χ0) is 13.8. The van der Waals surface area contributed by atoms with Crippen molar-refractivity contribution >= 4 is 11.9 Å². The smallest absolute Gasteiger partial charge is 0.360 e. The largest absolute Gasteiger partial charge is 0.478 e. The molecule has 0 aliphatic heterocycles. The van der Waals surface area contributed by atoms with E-state index in [9.17, 15) is 14.0 Å². The average Bonchev–Trinajstić information content (AvgIpc) is 2.38. The first-order valence-electron chi connectivity index (χ1n) is 5.61. The minimum atomic E-state index is -3.16. The predicted octanol–water partition coefficient (Wildman–Crippen LogP) is 2.28. The Morgan fingerprint density at radius 1 is 1.39 bits per heavy atom. The third kappa shape index (κ3) is 2.67. The molecule has 0 aliphatic rings. The van der Waals surface area contributed by atoms with Gasteiger partial charge in [0.15, 0.2) is 0 Å². The van der Waals surface area contributed by atoms with E-state index in [0.29, 0.717) is 6.42 Å². The van der Waals surface area contributed by atoms with Crippen LogP contribution >= 0.6 is 0 Å². The summed E-state index contributed by atoms with van der Waals surface area (Å²) in [6.07, 6.45) is -0.0494. The van der Waals surface area contributed by atoms with Gasteiger partial charge in [-0.2, -0.15) is 0 Å². The van der Waals surface area contributed by atoms with Crippen LogP contribution in [0.1, 0.15) is 25.8 Å². The second kappa shape index (κ2) is 5.62. The fourth-order valence-electron chi connectivity index (χ4n) is 1.34. The van der Waals surface area contributed by atoms with Crippen molar-refractivity contribution in [3.05, 3.63) is 35.9 Å². The molecule has 0 radical (unpaired) electrons. The van der Waals surface area contributed by atoms with Crippen molar-refractivity contribution in [3.8, 4) is 0 Å². The normalized spacial score (nSPS) is 15.5. The van der Waals surface area contributed by atoms with Crippen molar-refractivity contribution < 1.29 is 23.8 Å². The molecule has 1 rings (SSSR count). The zero-order valence-electron chi connectivity index (χ0n) is 10.2. The van der Waals surface area contributed by atoms with Gasteiger partial charge in [0.25, 0.3) is 0 Å². The molecular weight excluding hydrogens is 239 g/mol. The summed E-state index contributed by atoms with van der Waals surface area (Å²) in [4.78, 5) is 22.8. The molecule has 2 atom stereocenters. The molecule has 5 heteroatoms. The molecule has 0 fully saturated rings. The van der Waals surface area contributed by atoms with Gasteiger partial charge in [0.1, 0.15) is 0 Å². The van der Waals surface area contributed by atoms with Crippen LogP contribution in [0.2, 0.25) is 0 Å². The van der Waals surface area contributed by atoms with E-state index in [1.54, 1.807) is 19.9 Å². The third-order valence-electron chi connectivity index (χ3n) is 2.63. The highest BCUT2D eigenvalue weighted by molar-refractivity contribution is 6.03. The van der Waals surface area contributed by atoms with Crippen molar-refractivity contribution in [2.24, 2.45) is 0 Å². The predicted molar refractivity (Wildman–Crippen MR) is 62.7 cm³/mol. The lowest BCUT2D eigenvalue weighted by molar-refractivity contribution is -0.175. The van der Waals surface area contributed by atoms with Crippen molar-refractivity contribution in [2.75, 3.05) is 0 Å². The van der Waals surface area contributed by atoms with Crippen LogP contribution < -0.4 is 0 Å². The molecule has 0 bridgehead atoms.